The van der Waals surface area contributed by atoms with Crippen molar-refractivity contribution in [3.05, 3.63) is 23.3 Å². The summed E-state index contributed by atoms with van der Waals surface area (Å²) < 4.78 is 7.04. The topological polar surface area (TPSA) is 49.7 Å². The molecule has 5 rings (SSSR count). The molecule has 3 aliphatic carbocycles. The fourth-order valence-electron chi connectivity index (χ4n) is 9.11. The number of aliphatic hydroxyl groups excluding tert-OH is 1. The molecular formula is C27H40O3. The predicted molar refractivity (Wildman–Crippen MR) is 120 cm³/mol. The normalized spacial score (nSPS) is 46.6. The van der Waals surface area contributed by atoms with Crippen molar-refractivity contribution in [3.63, 3.8) is 0 Å². The first-order valence-corrected chi connectivity index (χ1v) is 12.2. The number of hydrogen-bond acceptors (Lipinski definition) is 3. The van der Waals surface area contributed by atoms with Crippen LogP contribution in [0, 0.1) is 40.9 Å². The van der Waals surface area contributed by atoms with Crippen LogP contribution in [-0.2, 0) is 6.42 Å². The Morgan fingerprint density at radius 3 is 2.43 bits per heavy atom. The minimum Gasteiger partial charge on any atom is -0.508 e. The summed E-state index contributed by atoms with van der Waals surface area (Å²) in [5, 5.41) is 21.0. The molecule has 0 amide bonds. The highest BCUT2D eigenvalue weighted by atomic mass is 16.5. The summed E-state index contributed by atoms with van der Waals surface area (Å²) in [7, 11) is 0. The van der Waals surface area contributed by atoms with Gasteiger partial charge in [-0.2, -0.15) is 0 Å². The van der Waals surface area contributed by atoms with E-state index >= 15 is 0 Å². The number of aliphatic hydroxyl groups is 1. The van der Waals surface area contributed by atoms with Gasteiger partial charge in [-0.15, -0.1) is 0 Å². The number of aryl methyl sites for hydroxylation is 1. The second kappa shape index (κ2) is 6.18. The molecule has 3 heteroatoms. The second-order valence-corrected chi connectivity index (χ2v) is 12.3. The first kappa shape index (κ1) is 20.7. The van der Waals surface area contributed by atoms with E-state index in [1.54, 1.807) is 0 Å². The number of aromatic hydroxyl groups is 1. The molecule has 4 aliphatic rings. The number of phenols is 1. The van der Waals surface area contributed by atoms with Gasteiger partial charge in [0.2, 0.25) is 0 Å². The van der Waals surface area contributed by atoms with Crippen molar-refractivity contribution >= 4 is 0 Å². The molecular weight excluding hydrogens is 372 g/mol. The zero-order valence-corrected chi connectivity index (χ0v) is 19.7. The van der Waals surface area contributed by atoms with Gasteiger partial charge in [0.05, 0.1) is 6.10 Å². The Morgan fingerprint density at radius 2 is 1.70 bits per heavy atom. The van der Waals surface area contributed by atoms with E-state index in [0.29, 0.717) is 23.5 Å². The molecule has 0 bridgehead atoms. The molecule has 30 heavy (non-hydrogen) atoms. The van der Waals surface area contributed by atoms with Crippen molar-refractivity contribution < 1.29 is 14.9 Å². The Hall–Kier alpha value is -1.22. The van der Waals surface area contributed by atoms with Gasteiger partial charge >= 0.3 is 0 Å². The maximum absolute atomic E-state index is 10.8. The molecule has 3 fully saturated rings. The summed E-state index contributed by atoms with van der Waals surface area (Å²) in [5.41, 5.74) is 2.39. The minimum absolute atomic E-state index is 0.0214. The highest BCUT2D eigenvalue weighted by Crippen LogP contribution is 2.71. The highest BCUT2D eigenvalue weighted by Gasteiger charge is 2.69. The monoisotopic (exact) mass is 412 g/mol. The van der Waals surface area contributed by atoms with Crippen LogP contribution in [0.4, 0.5) is 0 Å². The Labute approximate surface area is 182 Å². The quantitative estimate of drug-likeness (QED) is 0.547. The van der Waals surface area contributed by atoms with Crippen molar-refractivity contribution in [2.24, 2.45) is 34.0 Å². The SMILES string of the molecule is Cc1cc(O)cc2c1O[C@]1(C2)[C@@H](C)CC[C@@H]2[C@@]3(C)CC[C@H](O)C(C)(C)[C@@H]3CC[C@]21C. The van der Waals surface area contributed by atoms with Gasteiger partial charge in [0.25, 0.3) is 0 Å². The lowest BCUT2D eigenvalue weighted by Gasteiger charge is -2.69. The molecule has 3 nitrogen and oxygen atoms in total. The lowest BCUT2D eigenvalue weighted by atomic mass is 9.37. The van der Waals surface area contributed by atoms with Gasteiger partial charge in [0.15, 0.2) is 0 Å². The van der Waals surface area contributed by atoms with Gasteiger partial charge < -0.3 is 14.9 Å². The van der Waals surface area contributed by atoms with Crippen molar-refractivity contribution in [1.82, 2.24) is 0 Å². The number of rotatable bonds is 0. The summed E-state index contributed by atoms with van der Waals surface area (Å²) in [5.74, 6) is 3.04. The van der Waals surface area contributed by atoms with Crippen LogP contribution in [0.15, 0.2) is 12.1 Å². The van der Waals surface area contributed by atoms with Crippen molar-refractivity contribution in [2.75, 3.05) is 0 Å². The second-order valence-electron chi connectivity index (χ2n) is 12.3. The van der Waals surface area contributed by atoms with E-state index in [4.69, 9.17) is 4.74 Å². The number of hydrogen-bond donors (Lipinski definition) is 2. The maximum atomic E-state index is 10.8. The zero-order valence-electron chi connectivity index (χ0n) is 19.7. The van der Waals surface area contributed by atoms with Gasteiger partial charge in [-0.25, -0.2) is 0 Å². The third-order valence-corrected chi connectivity index (χ3v) is 10.8. The minimum atomic E-state index is -0.189. The molecule has 2 N–H and O–H groups in total. The number of ether oxygens (including phenoxy) is 1. The molecule has 1 aliphatic heterocycles. The Morgan fingerprint density at radius 1 is 0.967 bits per heavy atom. The van der Waals surface area contributed by atoms with Gasteiger partial charge in [0, 0.05) is 17.4 Å². The van der Waals surface area contributed by atoms with E-state index in [2.05, 4.69) is 41.5 Å². The van der Waals surface area contributed by atoms with Crippen LogP contribution in [0.3, 0.4) is 0 Å². The average molecular weight is 413 g/mol. The first-order valence-electron chi connectivity index (χ1n) is 12.2. The molecule has 166 valence electrons. The fraction of sp³-hybridized carbons (Fsp3) is 0.778. The van der Waals surface area contributed by atoms with Gasteiger partial charge in [-0.1, -0.05) is 34.6 Å². The van der Waals surface area contributed by atoms with Crippen LogP contribution in [0.25, 0.3) is 0 Å². The van der Waals surface area contributed by atoms with Crippen molar-refractivity contribution in [3.8, 4) is 11.5 Å². The summed E-state index contributed by atoms with van der Waals surface area (Å²) in [6, 6.07) is 3.78. The lowest BCUT2D eigenvalue weighted by molar-refractivity contribution is -0.238. The smallest absolute Gasteiger partial charge is 0.126 e. The van der Waals surface area contributed by atoms with Crippen LogP contribution in [0.1, 0.15) is 84.3 Å². The van der Waals surface area contributed by atoms with E-state index in [0.717, 1.165) is 37.0 Å². The van der Waals surface area contributed by atoms with Crippen LogP contribution in [0.2, 0.25) is 0 Å². The number of fused-ring (bicyclic) bond motifs is 5. The van der Waals surface area contributed by atoms with Crippen LogP contribution >= 0.6 is 0 Å². The highest BCUT2D eigenvalue weighted by molar-refractivity contribution is 5.51. The first-order chi connectivity index (χ1) is 14.0. The summed E-state index contributed by atoms with van der Waals surface area (Å²) in [6.07, 6.45) is 7.58. The Balaban J connectivity index is 1.59. The molecule has 3 saturated carbocycles. The number of phenolic OH excluding ortho intramolecular Hbond substituents is 1. The molecule has 0 aromatic heterocycles. The molecule has 0 radical (unpaired) electrons. The largest absolute Gasteiger partial charge is 0.508 e. The molecule has 1 aromatic rings. The molecule has 1 spiro atoms. The van der Waals surface area contributed by atoms with E-state index < -0.39 is 0 Å². The van der Waals surface area contributed by atoms with Gasteiger partial charge in [-0.05, 0) is 91.7 Å². The Kier molecular flexibility index (Phi) is 4.26. The molecule has 1 heterocycles. The van der Waals surface area contributed by atoms with Crippen LogP contribution in [0.5, 0.6) is 11.5 Å². The molecule has 0 saturated heterocycles. The van der Waals surface area contributed by atoms with Gasteiger partial charge in [-0.3, -0.25) is 0 Å². The maximum Gasteiger partial charge on any atom is 0.126 e. The van der Waals surface area contributed by atoms with Gasteiger partial charge in [0.1, 0.15) is 17.1 Å². The third kappa shape index (κ3) is 2.36. The van der Waals surface area contributed by atoms with Crippen molar-refractivity contribution in [2.45, 2.75) is 98.2 Å². The fourth-order valence-corrected chi connectivity index (χ4v) is 9.11. The zero-order chi connectivity index (χ0) is 21.7. The lowest BCUT2D eigenvalue weighted by Crippen LogP contribution is -2.68. The summed E-state index contributed by atoms with van der Waals surface area (Å²) in [6.45, 7) is 14.1. The molecule has 0 unspecified atom stereocenters. The molecule has 7 atom stereocenters. The van der Waals surface area contributed by atoms with E-state index in [1.165, 1.54) is 24.8 Å². The van der Waals surface area contributed by atoms with E-state index in [-0.39, 0.29) is 27.9 Å². The van der Waals surface area contributed by atoms with Crippen LogP contribution in [-0.4, -0.2) is 21.9 Å². The predicted octanol–water partition coefficient (Wildman–Crippen LogP) is 6.02. The summed E-state index contributed by atoms with van der Waals surface area (Å²) >= 11 is 0. The molecule has 1 aromatic carbocycles. The van der Waals surface area contributed by atoms with E-state index in [9.17, 15) is 10.2 Å². The van der Waals surface area contributed by atoms with Crippen LogP contribution < -0.4 is 4.74 Å². The number of benzene rings is 1. The third-order valence-electron chi connectivity index (χ3n) is 10.8. The Bertz CT molecular complexity index is 875. The van der Waals surface area contributed by atoms with E-state index in [1.807, 2.05) is 12.1 Å². The average Bonchev–Trinajstić information content (AvgIpc) is 3.05. The summed E-state index contributed by atoms with van der Waals surface area (Å²) in [4.78, 5) is 0. The van der Waals surface area contributed by atoms with Crippen molar-refractivity contribution in [1.29, 1.82) is 0 Å². The standard InChI is InChI=1S/C27H40O3/c1-16-13-19(28)14-18-15-27(30-23(16)18)17(2)7-8-21-25(5)11-10-22(29)24(3,4)20(25)9-12-26(21,27)6/h13-14,17,20-22,28-29H,7-12,15H2,1-6H3/t17-,20-,21+,22-,25-,26+,27+/m0/s1.